The first-order chi connectivity index (χ1) is 17.9. The second-order valence-electron chi connectivity index (χ2n) is 11.4. The highest BCUT2D eigenvalue weighted by atomic mass is 28.4. The second kappa shape index (κ2) is 9.57. The van der Waals surface area contributed by atoms with Crippen LogP contribution in [-0.4, -0.2) is 42.5 Å². The summed E-state index contributed by atoms with van der Waals surface area (Å²) in [7, 11) is -2.82. The average molecular weight is 536 g/mol. The number of hydrogen-bond donors (Lipinski definition) is 1. The second-order valence-corrected chi connectivity index (χ2v) is 15.7. The van der Waals surface area contributed by atoms with Gasteiger partial charge in [0.1, 0.15) is 12.2 Å². The fourth-order valence-corrected chi connectivity index (χ4v) is 10.3. The quantitative estimate of drug-likeness (QED) is 0.384. The molecule has 0 bridgehead atoms. The largest absolute Gasteiger partial charge is 0.403 e. The fourth-order valence-electron chi connectivity index (χ4n) is 5.73. The van der Waals surface area contributed by atoms with Crippen molar-refractivity contribution in [2.45, 2.75) is 63.7 Å². The monoisotopic (exact) mass is 535 g/mol. The first kappa shape index (κ1) is 26.5. The van der Waals surface area contributed by atoms with Crippen molar-refractivity contribution in [3.05, 3.63) is 94.8 Å². The Labute approximate surface area is 223 Å². The van der Waals surface area contributed by atoms with Gasteiger partial charge in [-0.3, -0.25) is 4.57 Å². The summed E-state index contributed by atoms with van der Waals surface area (Å²) in [5.74, 6) is -2.07. The van der Waals surface area contributed by atoms with Gasteiger partial charge in [0.2, 0.25) is 0 Å². The summed E-state index contributed by atoms with van der Waals surface area (Å²) in [6.07, 6.45) is 1.98. The molecule has 1 aromatic heterocycles. The maximum absolute atomic E-state index is 14.4. The Bertz CT molecular complexity index is 1360. The molecule has 200 valence electrons. The van der Waals surface area contributed by atoms with Crippen molar-refractivity contribution in [2.75, 3.05) is 12.3 Å². The lowest BCUT2D eigenvalue weighted by Crippen LogP contribution is -2.66. The smallest absolute Gasteiger partial charge is 0.350 e. The fraction of sp³-hybridized carbons (Fsp3) is 0.379. The van der Waals surface area contributed by atoms with Gasteiger partial charge in [-0.15, -0.1) is 0 Å². The molecule has 1 saturated heterocycles. The van der Waals surface area contributed by atoms with Crippen LogP contribution in [0, 0.1) is 5.82 Å². The van der Waals surface area contributed by atoms with Gasteiger partial charge < -0.3 is 19.6 Å². The van der Waals surface area contributed by atoms with E-state index in [1.165, 1.54) is 4.57 Å². The number of hydrogen-bond acceptors (Lipinski definition) is 6. The van der Waals surface area contributed by atoms with Crippen LogP contribution in [0.25, 0.3) is 0 Å². The first-order valence-electron chi connectivity index (χ1n) is 12.8. The Morgan fingerprint density at radius 1 is 1.05 bits per heavy atom. The molecule has 2 heterocycles. The van der Waals surface area contributed by atoms with Crippen LogP contribution in [0.5, 0.6) is 0 Å². The molecule has 2 N–H and O–H groups in total. The summed E-state index contributed by atoms with van der Waals surface area (Å²) in [5.41, 5.74) is 5.73. The minimum absolute atomic E-state index is 0.207. The van der Waals surface area contributed by atoms with Crippen molar-refractivity contribution in [3.63, 3.8) is 0 Å². The summed E-state index contributed by atoms with van der Waals surface area (Å²) in [6.45, 7) is 10.6. The van der Waals surface area contributed by atoms with Gasteiger partial charge in [-0.25, -0.2) is 9.18 Å². The van der Waals surface area contributed by atoms with Gasteiger partial charge in [-0.05, 0) is 34.8 Å². The molecule has 3 unspecified atom stereocenters. The third kappa shape index (κ3) is 4.53. The molecule has 5 rings (SSSR count). The third-order valence-electron chi connectivity index (χ3n) is 7.34. The summed E-state index contributed by atoms with van der Waals surface area (Å²) in [4.78, 5) is 16.4. The predicted molar refractivity (Wildman–Crippen MR) is 147 cm³/mol. The lowest BCUT2D eigenvalue weighted by molar-refractivity contribution is -0.148. The van der Waals surface area contributed by atoms with Crippen molar-refractivity contribution in [3.8, 4) is 0 Å². The number of rotatable bonds is 6. The van der Waals surface area contributed by atoms with Gasteiger partial charge >= 0.3 is 5.69 Å². The molecule has 2 aliphatic rings. The summed E-state index contributed by atoms with van der Waals surface area (Å²) in [6, 6.07) is 20.1. The lowest BCUT2D eigenvalue weighted by Gasteiger charge is -2.43. The maximum Gasteiger partial charge on any atom is 0.350 e. The molecular formula is C29H34FN3O4Si. The predicted octanol–water partition coefficient (Wildman–Crippen LogP) is 3.54. The van der Waals surface area contributed by atoms with Crippen LogP contribution in [0.4, 0.5) is 10.2 Å². The topological polar surface area (TPSA) is 88.6 Å². The van der Waals surface area contributed by atoms with Crippen LogP contribution in [0.2, 0.25) is 5.04 Å². The molecule has 2 aromatic carbocycles. The normalized spacial score (nSPS) is 22.8. The first-order valence-corrected chi connectivity index (χ1v) is 14.7. The van der Waals surface area contributed by atoms with Crippen LogP contribution in [0.1, 0.15) is 40.7 Å². The highest BCUT2D eigenvalue weighted by molar-refractivity contribution is 6.99. The van der Waals surface area contributed by atoms with E-state index in [4.69, 9.17) is 19.6 Å². The van der Waals surface area contributed by atoms with Crippen LogP contribution in [0.3, 0.4) is 0 Å². The molecule has 1 aliphatic carbocycles. The molecule has 38 heavy (non-hydrogen) atoms. The maximum atomic E-state index is 14.4. The van der Waals surface area contributed by atoms with Crippen molar-refractivity contribution < 1.29 is 18.3 Å². The molecule has 0 amide bonds. The van der Waals surface area contributed by atoms with E-state index < -0.39 is 49.7 Å². The van der Waals surface area contributed by atoms with Gasteiger partial charge in [-0.1, -0.05) is 87.5 Å². The van der Waals surface area contributed by atoms with Crippen LogP contribution >= 0.6 is 0 Å². The van der Waals surface area contributed by atoms with Crippen LogP contribution in [0.15, 0.2) is 83.3 Å². The van der Waals surface area contributed by atoms with E-state index in [9.17, 15) is 9.18 Å². The summed E-state index contributed by atoms with van der Waals surface area (Å²) >= 11 is 0. The Hall–Kier alpha value is -3.11. The van der Waals surface area contributed by atoms with E-state index in [0.717, 1.165) is 22.1 Å². The van der Waals surface area contributed by atoms with Crippen molar-refractivity contribution in [1.29, 1.82) is 0 Å². The number of benzene rings is 2. The number of ether oxygens (including phenoxy) is 2. The van der Waals surface area contributed by atoms with Crippen molar-refractivity contribution >= 4 is 24.5 Å². The number of nitrogens with two attached hydrogens (primary N) is 1. The zero-order chi connectivity index (χ0) is 27.3. The number of halogens is 1. The molecule has 1 aliphatic heterocycles. The molecule has 1 fully saturated rings. The summed E-state index contributed by atoms with van der Waals surface area (Å²) < 4.78 is 35.2. The van der Waals surface area contributed by atoms with E-state index in [-0.39, 0.29) is 11.6 Å². The lowest BCUT2D eigenvalue weighted by atomic mass is 10.1. The molecule has 3 aromatic rings. The molecule has 0 spiro atoms. The van der Waals surface area contributed by atoms with Gasteiger partial charge in [0.15, 0.2) is 17.4 Å². The number of nitrogens with zero attached hydrogens (tertiary/aromatic N) is 2. The number of nitrogen functional groups attached to an aromatic ring is 1. The van der Waals surface area contributed by atoms with E-state index in [2.05, 4.69) is 50.0 Å². The number of fused-ring (bicyclic) bond motifs is 1. The SMILES string of the molecule is CC1(C)OC2C(CO[Si](c3ccccc3)(c3ccccc3)C(C)(C)C)=CC(n3cc(F)c(N)nc3=O)C2O1. The molecule has 7 nitrogen and oxygen atoms in total. The van der Waals surface area contributed by atoms with Crippen molar-refractivity contribution in [1.82, 2.24) is 9.55 Å². The zero-order valence-corrected chi connectivity index (χ0v) is 23.4. The molecule has 3 atom stereocenters. The number of aromatic nitrogens is 2. The molecule has 9 heteroatoms. The Balaban J connectivity index is 1.58. The Kier molecular flexibility index (Phi) is 6.67. The van der Waals surface area contributed by atoms with Gasteiger partial charge in [-0.2, -0.15) is 4.98 Å². The molecule has 0 saturated carbocycles. The van der Waals surface area contributed by atoms with Crippen LogP contribution in [-0.2, 0) is 13.9 Å². The average Bonchev–Trinajstić information content (AvgIpc) is 3.35. The van der Waals surface area contributed by atoms with Gasteiger partial charge in [0.05, 0.1) is 12.6 Å². The summed E-state index contributed by atoms with van der Waals surface area (Å²) in [5, 5.41) is 2.12. The van der Waals surface area contributed by atoms with Gasteiger partial charge in [0.25, 0.3) is 8.32 Å². The van der Waals surface area contributed by atoms with Crippen LogP contribution < -0.4 is 21.8 Å². The Morgan fingerprint density at radius 3 is 2.18 bits per heavy atom. The minimum atomic E-state index is -2.82. The minimum Gasteiger partial charge on any atom is -0.403 e. The van der Waals surface area contributed by atoms with E-state index >= 15 is 0 Å². The highest BCUT2D eigenvalue weighted by Gasteiger charge is 2.54. The zero-order valence-electron chi connectivity index (χ0n) is 22.4. The van der Waals surface area contributed by atoms with E-state index in [1.807, 2.05) is 56.3 Å². The van der Waals surface area contributed by atoms with Crippen molar-refractivity contribution in [2.24, 2.45) is 0 Å². The van der Waals surface area contributed by atoms with E-state index in [1.54, 1.807) is 0 Å². The standard InChI is InChI=1S/C29H34FN3O4Si/c1-28(2,3)38(20-12-8-6-9-13-20,21-14-10-7-11-15-21)35-18-19-16-23(25-24(19)36-29(4,5)37-25)33-17-22(30)26(31)32-27(33)34/h6-17,23-25H,18H2,1-5H3,(H2,31,32,34). The number of anilines is 1. The van der Waals surface area contributed by atoms with Gasteiger partial charge in [0, 0.05) is 6.20 Å². The third-order valence-corrected chi connectivity index (χ3v) is 12.3. The highest BCUT2D eigenvalue weighted by Crippen LogP contribution is 2.44. The molecule has 0 radical (unpaired) electrons. The molecular weight excluding hydrogens is 501 g/mol. The Morgan fingerprint density at radius 2 is 1.63 bits per heavy atom. The van der Waals surface area contributed by atoms with E-state index in [0.29, 0.717) is 0 Å².